The summed E-state index contributed by atoms with van der Waals surface area (Å²) in [6.45, 7) is 7.82. The summed E-state index contributed by atoms with van der Waals surface area (Å²) in [5, 5.41) is 6.76. The lowest BCUT2D eigenvalue weighted by Crippen LogP contribution is -2.65. The molecule has 2 aliphatic rings. The Bertz CT molecular complexity index is 255. The van der Waals surface area contributed by atoms with E-state index in [-0.39, 0.29) is 5.54 Å². The minimum absolute atomic E-state index is 0.231. The van der Waals surface area contributed by atoms with Crippen LogP contribution in [0.5, 0.6) is 0 Å². The van der Waals surface area contributed by atoms with E-state index < -0.39 is 0 Å². The fourth-order valence-corrected chi connectivity index (χ4v) is 2.67. The second kappa shape index (κ2) is 4.72. The molecule has 2 fully saturated rings. The number of carbonyl (C=O) groups excluding carboxylic acids is 1. The van der Waals surface area contributed by atoms with Gasteiger partial charge >= 0.3 is 0 Å². The van der Waals surface area contributed by atoms with Gasteiger partial charge in [-0.05, 0) is 33.1 Å². The number of piperazine rings is 1. The SMILES string of the molecule is CC(C)NC1(C(=O)N2CCNCC2)CCC1. The minimum atomic E-state index is -0.231. The zero-order chi connectivity index (χ0) is 11.6. The number of carbonyl (C=O) groups is 1. The molecule has 4 heteroatoms. The van der Waals surface area contributed by atoms with Crippen LogP contribution in [0.15, 0.2) is 0 Å². The minimum Gasteiger partial charge on any atom is -0.339 e. The molecule has 1 amide bonds. The number of nitrogens with one attached hydrogen (secondary N) is 2. The summed E-state index contributed by atoms with van der Waals surface area (Å²) >= 11 is 0. The van der Waals surface area contributed by atoms with Gasteiger partial charge in [-0.3, -0.25) is 4.79 Å². The first-order valence-electron chi connectivity index (χ1n) is 6.42. The number of nitrogens with zero attached hydrogens (tertiary/aromatic N) is 1. The van der Waals surface area contributed by atoms with Gasteiger partial charge in [0.1, 0.15) is 0 Å². The third-order valence-electron chi connectivity index (χ3n) is 3.59. The first-order valence-corrected chi connectivity index (χ1v) is 6.42. The van der Waals surface area contributed by atoms with Crippen LogP contribution in [0.4, 0.5) is 0 Å². The van der Waals surface area contributed by atoms with Gasteiger partial charge in [0.25, 0.3) is 0 Å². The summed E-state index contributed by atoms with van der Waals surface area (Å²) in [7, 11) is 0. The second-order valence-corrected chi connectivity index (χ2v) is 5.28. The van der Waals surface area contributed by atoms with Crippen molar-refractivity contribution in [3.05, 3.63) is 0 Å². The third kappa shape index (κ3) is 2.23. The van der Waals surface area contributed by atoms with Gasteiger partial charge in [0.2, 0.25) is 5.91 Å². The van der Waals surface area contributed by atoms with E-state index in [9.17, 15) is 4.79 Å². The Hall–Kier alpha value is -0.610. The summed E-state index contributed by atoms with van der Waals surface area (Å²) in [5.41, 5.74) is -0.231. The molecule has 0 atom stereocenters. The fraction of sp³-hybridized carbons (Fsp3) is 0.917. The van der Waals surface area contributed by atoms with Crippen molar-refractivity contribution in [2.45, 2.75) is 44.7 Å². The summed E-state index contributed by atoms with van der Waals surface area (Å²) in [6.07, 6.45) is 3.19. The van der Waals surface area contributed by atoms with Gasteiger partial charge in [0.15, 0.2) is 0 Å². The summed E-state index contributed by atoms with van der Waals surface area (Å²) < 4.78 is 0. The van der Waals surface area contributed by atoms with Crippen LogP contribution in [0.3, 0.4) is 0 Å². The molecule has 0 aromatic carbocycles. The number of hydrogen-bond donors (Lipinski definition) is 2. The Morgan fingerprint density at radius 3 is 2.38 bits per heavy atom. The molecule has 92 valence electrons. The smallest absolute Gasteiger partial charge is 0.242 e. The quantitative estimate of drug-likeness (QED) is 0.728. The van der Waals surface area contributed by atoms with Crippen LogP contribution in [0.25, 0.3) is 0 Å². The van der Waals surface area contributed by atoms with Crippen LogP contribution in [0.1, 0.15) is 33.1 Å². The van der Waals surface area contributed by atoms with Crippen molar-refractivity contribution in [3.63, 3.8) is 0 Å². The average molecular weight is 225 g/mol. The molecule has 1 aliphatic carbocycles. The van der Waals surface area contributed by atoms with Crippen LogP contribution >= 0.6 is 0 Å². The molecular weight excluding hydrogens is 202 g/mol. The molecule has 0 radical (unpaired) electrons. The molecule has 4 nitrogen and oxygen atoms in total. The van der Waals surface area contributed by atoms with Crippen LogP contribution in [0, 0.1) is 0 Å². The molecule has 0 bridgehead atoms. The van der Waals surface area contributed by atoms with Gasteiger partial charge < -0.3 is 15.5 Å². The van der Waals surface area contributed by atoms with Crippen molar-refractivity contribution in [1.82, 2.24) is 15.5 Å². The highest BCUT2D eigenvalue weighted by atomic mass is 16.2. The Kier molecular flexibility index (Phi) is 3.50. The van der Waals surface area contributed by atoms with Crippen molar-refractivity contribution in [2.24, 2.45) is 0 Å². The van der Waals surface area contributed by atoms with Gasteiger partial charge in [-0.1, -0.05) is 0 Å². The van der Waals surface area contributed by atoms with Crippen LogP contribution in [-0.4, -0.2) is 48.6 Å². The molecule has 1 saturated heterocycles. The molecule has 0 aromatic heterocycles. The molecule has 0 aromatic rings. The largest absolute Gasteiger partial charge is 0.339 e. The maximum Gasteiger partial charge on any atom is 0.242 e. The van der Waals surface area contributed by atoms with E-state index in [1.807, 2.05) is 4.90 Å². The number of rotatable bonds is 3. The Labute approximate surface area is 97.8 Å². The monoisotopic (exact) mass is 225 g/mol. The van der Waals surface area contributed by atoms with Crippen LogP contribution < -0.4 is 10.6 Å². The molecule has 16 heavy (non-hydrogen) atoms. The lowest BCUT2D eigenvalue weighted by molar-refractivity contribution is -0.143. The third-order valence-corrected chi connectivity index (χ3v) is 3.59. The highest BCUT2D eigenvalue weighted by molar-refractivity contribution is 5.87. The Balaban J connectivity index is 1.99. The number of hydrogen-bond acceptors (Lipinski definition) is 3. The van der Waals surface area contributed by atoms with E-state index in [1.54, 1.807) is 0 Å². The van der Waals surface area contributed by atoms with E-state index in [0.717, 1.165) is 39.0 Å². The van der Waals surface area contributed by atoms with E-state index in [0.29, 0.717) is 11.9 Å². The zero-order valence-electron chi connectivity index (χ0n) is 10.4. The summed E-state index contributed by atoms with van der Waals surface area (Å²) in [5.74, 6) is 0.328. The van der Waals surface area contributed by atoms with E-state index >= 15 is 0 Å². The maximum absolute atomic E-state index is 12.5. The predicted molar refractivity (Wildman–Crippen MR) is 64.3 cm³/mol. The lowest BCUT2D eigenvalue weighted by atomic mass is 9.75. The maximum atomic E-state index is 12.5. The van der Waals surface area contributed by atoms with Gasteiger partial charge in [0, 0.05) is 32.2 Å². The first-order chi connectivity index (χ1) is 7.64. The normalized spacial score (nSPS) is 24.3. The molecule has 1 aliphatic heterocycles. The molecule has 2 N–H and O–H groups in total. The standard InChI is InChI=1S/C12H23N3O/c1-10(2)14-12(4-3-5-12)11(16)15-8-6-13-7-9-15/h10,13-14H,3-9H2,1-2H3. The van der Waals surface area contributed by atoms with Crippen molar-refractivity contribution >= 4 is 5.91 Å². The van der Waals surface area contributed by atoms with E-state index in [4.69, 9.17) is 0 Å². The van der Waals surface area contributed by atoms with Crippen molar-refractivity contribution in [3.8, 4) is 0 Å². The van der Waals surface area contributed by atoms with E-state index in [2.05, 4.69) is 24.5 Å². The van der Waals surface area contributed by atoms with Crippen molar-refractivity contribution < 1.29 is 4.79 Å². The molecule has 1 heterocycles. The molecular formula is C12H23N3O. The highest BCUT2D eigenvalue weighted by Crippen LogP contribution is 2.34. The summed E-state index contributed by atoms with van der Waals surface area (Å²) in [4.78, 5) is 14.5. The second-order valence-electron chi connectivity index (χ2n) is 5.28. The lowest BCUT2D eigenvalue weighted by Gasteiger charge is -2.46. The van der Waals surface area contributed by atoms with Crippen molar-refractivity contribution in [1.29, 1.82) is 0 Å². The average Bonchev–Trinajstić information content (AvgIpc) is 2.23. The topological polar surface area (TPSA) is 44.4 Å². The highest BCUT2D eigenvalue weighted by Gasteiger charge is 2.46. The number of amides is 1. The first kappa shape index (κ1) is 11.9. The Morgan fingerprint density at radius 2 is 1.94 bits per heavy atom. The van der Waals surface area contributed by atoms with Gasteiger partial charge in [-0.2, -0.15) is 0 Å². The molecule has 0 unspecified atom stereocenters. The fourth-order valence-electron chi connectivity index (χ4n) is 2.67. The van der Waals surface area contributed by atoms with Crippen LogP contribution in [0.2, 0.25) is 0 Å². The molecule has 1 saturated carbocycles. The molecule has 2 rings (SSSR count). The van der Waals surface area contributed by atoms with Gasteiger partial charge in [0.05, 0.1) is 5.54 Å². The zero-order valence-corrected chi connectivity index (χ0v) is 10.4. The Morgan fingerprint density at radius 1 is 1.31 bits per heavy atom. The van der Waals surface area contributed by atoms with Crippen molar-refractivity contribution in [2.75, 3.05) is 26.2 Å². The van der Waals surface area contributed by atoms with Gasteiger partial charge in [-0.25, -0.2) is 0 Å². The predicted octanol–water partition coefficient (Wildman–Crippen LogP) is 0.339. The van der Waals surface area contributed by atoms with Gasteiger partial charge in [-0.15, -0.1) is 0 Å². The summed E-state index contributed by atoms with van der Waals surface area (Å²) in [6, 6.07) is 0.382. The molecule has 0 spiro atoms. The van der Waals surface area contributed by atoms with Crippen LogP contribution in [-0.2, 0) is 4.79 Å². The van der Waals surface area contributed by atoms with E-state index in [1.165, 1.54) is 6.42 Å².